The van der Waals surface area contributed by atoms with Crippen molar-refractivity contribution in [3.63, 3.8) is 0 Å². The number of benzene rings is 2. The minimum atomic E-state index is 0.732. The predicted octanol–water partition coefficient (Wildman–Crippen LogP) is 4.20. The molecule has 1 aromatic heterocycles. The first-order valence-electron chi connectivity index (χ1n) is 7.89. The number of rotatable bonds is 5. The standard InChI is InChI=1S/C19H21N3O/c1-4-8-18-20-19(15-10-7-11-16(13-15)23-3)21-22(18)17-12-6-5-9-14(17)2/h5-7,9-13H,4,8H2,1-3H3. The number of aromatic nitrogens is 3. The van der Waals surface area contributed by atoms with Crippen molar-refractivity contribution in [2.24, 2.45) is 0 Å². The van der Waals surface area contributed by atoms with Crippen molar-refractivity contribution in [1.82, 2.24) is 14.8 Å². The van der Waals surface area contributed by atoms with Crippen LogP contribution < -0.4 is 4.74 Å². The lowest BCUT2D eigenvalue weighted by Gasteiger charge is -2.07. The molecule has 0 N–H and O–H groups in total. The molecule has 2 aromatic carbocycles. The van der Waals surface area contributed by atoms with Gasteiger partial charge in [0.15, 0.2) is 5.82 Å². The first-order chi connectivity index (χ1) is 11.2. The molecular formula is C19H21N3O. The van der Waals surface area contributed by atoms with E-state index in [1.807, 2.05) is 41.1 Å². The third kappa shape index (κ3) is 3.11. The lowest BCUT2D eigenvalue weighted by Crippen LogP contribution is -2.04. The average molecular weight is 307 g/mol. The van der Waals surface area contributed by atoms with Gasteiger partial charge in [0.05, 0.1) is 12.8 Å². The molecule has 118 valence electrons. The van der Waals surface area contributed by atoms with Crippen molar-refractivity contribution in [3.8, 4) is 22.8 Å². The first-order valence-corrected chi connectivity index (χ1v) is 7.89. The van der Waals surface area contributed by atoms with Gasteiger partial charge >= 0.3 is 0 Å². The average Bonchev–Trinajstić information content (AvgIpc) is 2.99. The van der Waals surface area contributed by atoms with Gasteiger partial charge in [-0.3, -0.25) is 0 Å². The molecular weight excluding hydrogens is 286 g/mol. The molecule has 0 atom stereocenters. The van der Waals surface area contributed by atoms with Crippen molar-refractivity contribution >= 4 is 0 Å². The van der Waals surface area contributed by atoms with Gasteiger partial charge in [0.25, 0.3) is 0 Å². The monoisotopic (exact) mass is 307 g/mol. The van der Waals surface area contributed by atoms with E-state index in [1.165, 1.54) is 5.56 Å². The highest BCUT2D eigenvalue weighted by Gasteiger charge is 2.14. The Hall–Kier alpha value is -2.62. The molecule has 0 saturated heterocycles. The van der Waals surface area contributed by atoms with Crippen molar-refractivity contribution in [1.29, 1.82) is 0 Å². The molecule has 0 aliphatic carbocycles. The van der Waals surface area contributed by atoms with E-state index in [0.29, 0.717) is 0 Å². The Morgan fingerprint density at radius 3 is 2.65 bits per heavy atom. The second-order valence-electron chi connectivity index (χ2n) is 5.53. The SMILES string of the molecule is CCCc1nc(-c2cccc(OC)c2)nn1-c1ccccc1C. The van der Waals surface area contributed by atoms with Gasteiger partial charge in [0.2, 0.25) is 0 Å². The number of ether oxygens (including phenoxy) is 1. The zero-order valence-electron chi connectivity index (χ0n) is 13.8. The highest BCUT2D eigenvalue weighted by molar-refractivity contribution is 5.58. The maximum Gasteiger partial charge on any atom is 0.181 e. The number of hydrogen-bond donors (Lipinski definition) is 0. The van der Waals surface area contributed by atoms with Gasteiger partial charge in [0, 0.05) is 12.0 Å². The van der Waals surface area contributed by atoms with Crippen LogP contribution in [0.25, 0.3) is 17.1 Å². The third-order valence-electron chi connectivity index (χ3n) is 3.82. The second-order valence-corrected chi connectivity index (χ2v) is 5.53. The molecule has 4 nitrogen and oxygen atoms in total. The Labute approximate surface area is 136 Å². The molecule has 0 aliphatic heterocycles. The molecule has 0 aliphatic rings. The quantitative estimate of drug-likeness (QED) is 0.709. The first kappa shape index (κ1) is 15.3. The Bertz CT molecular complexity index is 808. The summed E-state index contributed by atoms with van der Waals surface area (Å²) in [4.78, 5) is 4.76. The van der Waals surface area contributed by atoms with Gasteiger partial charge in [-0.05, 0) is 37.1 Å². The van der Waals surface area contributed by atoms with Gasteiger partial charge in [-0.2, -0.15) is 0 Å². The highest BCUT2D eigenvalue weighted by Crippen LogP contribution is 2.24. The summed E-state index contributed by atoms with van der Waals surface area (Å²) >= 11 is 0. The molecule has 0 spiro atoms. The number of hydrogen-bond acceptors (Lipinski definition) is 3. The van der Waals surface area contributed by atoms with Crippen LogP contribution in [0.3, 0.4) is 0 Å². The molecule has 0 amide bonds. The van der Waals surface area contributed by atoms with Crippen LogP contribution in [0.4, 0.5) is 0 Å². The topological polar surface area (TPSA) is 39.9 Å². The molecule has 0 unspecified atom stereocenters. The van der Waals surface area contributed by atoms with Crippen molar-refractivity contribution in [2.45, 2.75) is 26.7 Å². The van der Waals surface area contributed by atoms with E-state index >= 15 is 0 Å². The summed E-state index contributed by atoms with van der Waals surface area (Å²) in [6.07, 6.45) is 1.92. The molecule has 4 heteroatoms. The van der Waals surface area contributed by atoms with Crippen LogP contribution in [-0.2, 0) is 6.42 Å². The summed E-state index contributed by atoms with van der Waals surface area (Å²) in [5.74, 6) is 2.53. The molecule has 0 radical (unpaired) electrons. The van der Waals surface area contributed by atoms with Crippen LogP contribution in [0.1, 0.15) is 24.7 Å². The van der Waals surface area contributed by atoms with Crippen LogP contribution in [0.15, 0.2) is 48.5 Å². The zero-order chi connectivity index (χ0) is 16.2. The van der Waals surface area contributed by atoms with Crippen molar-refractivity contribution in [3.05, 3.63) is 59.9 Å². The minimum absolute atomic E-state index is 0.732. The maximum absolute atomic E-state index is 5.30. The summed E-state index contributed by atoms with van der Waals surface area (Å²) in [6.45, 7) is 4.25. The van der Waals surface area contributed by atoms with Gasteiger partial charge in [-0.15, -0.1) is 5.10 Å². The van der Waals surface area contributed by atoms with Crippen molar-refractivity contribution < 1.29 is 4.74 Å². The van der Waals surface area contributed by atoms with E-state index in [0.717, 1.165) is 41.5 Å². The largest absolute Gasteiger partial charge is 0.497 e. The van der Waals surface area contributed by atoms with Gasteiger partial charge in [-0.1, -0.05) is 37.3 Å². The molecule has 0 fully saturated rings. The minimum Gasteiger partial charge on any atom is -0.497 e. The summed E-state index contributed by atoms with van der Waals surface area (Å²) in [7, 11) is 1.67. The van der Waals surface area contributed by atoms with E-state index in [4.69, 9.17) is 14.8 Å². The van der Waals surface area contributed by atoms with Crippen LogP contribution >= 0.6 is 0 Å². The van der Waals surface area contributed by atoms with Crippen LogP contribution in [-0.4, -0.2) is 21.9 Å². The maximum atomic E-state index is 5.30. The lowest BCUT2D eigenvalue weighted by atomic mass is 10.2. The van der Waals surface area contributed by atoms with Gasteiger partial charge < -0.3 is 4.74 Å². The van der Waals surface area contributed by atoms with Crippen molar-refractivity contribution in [2.75, 3.05) is 7.11 Å². The highest BCUT2D eigenvalue weighted by atomic mass is 16.5. The molecule has 0 bridgehead atoms. The predicted molar refractivity (Wildman–Crippen MR) is 92.1 cm³/mol. The van der Waals surface area contributed by atoms with Gasteiger partial charge in [-0.25, -0.2) is 9.67 Å². The van der Waals surface area contributed by atoms with E-state index in [-0.39, 0.29) is 0 Å². The van der Waals surface area contributed by atoms with E-state index in [1.54, 1.807) is 7.11 Å². The van der Waals surface area contributed by atoms with Gasteiger partial charge in [0.1, 0.15) is 11.6 Å². The number of methoxy groups -OCH3 is 1. The summed E-state index contributed by atoms with van der Waals surface area (Å²) in [5.41, 5.74) is 3.23. The fraction of sp³-hybridized carbons (Fsp3) is 0.263. The molecule has 0 saturated carbocycles. The second kappa shape index (κ2) is 6.65. The Morgan fingerprint density at radius 2 is 1.91 bits per heavy atom. The third-order valence-corrected chi connectivity index (χ3v) is 3.82. The van der Waals surface area contributed by atoms with E-state index < -0.39 is 0 Å². The number of para-hydroxylation sites is 1. The Morgan fingerprint density at radius 1 is 1.09 bits per heavy atom. The van der Waals surface area contributed by atoms with E-state index in [2.05, 4.69) is 26.0 Å². The Kier molecular flexibility index (Phi) is 4.42. The number of aryl methyl sites for hydroxylation is 2. The normalized spacial score (nSPS) is 10.7. The van der Waals surface area contributed by atoms with Crippen LogP contribution in [0, 0.1) is 6.92 Å². The Balaban J connectivity index is 2.10. The number of nitrogens with zero attached hydrogens (tertiary/aromatic N) is 3. The summed E-state index contributed by atoms with van der Waals surface area (Å²) in [6, 6.07) is 16.1. The fourth-order valence-corrected chi connectivity index (χ4v) is 2.61. The molecule has 3 aromatic rings. The molecule has 23 heavy (non-hydrogen) atoms. The van der Waals surface area contributed by atoms with E-state index in [9.17, 15) is 0 Å². The summed E-state index contributed by atoms with van der Waals surface area (Å²) < 4.78 is 7.27. The lowest BCUT2D eigenvalue weighted by molar-refractivity contribution is 0.415. The zero-order valence-corrected chi connectivity index (χ0v) is 13.8. The van der Waals surface area contributed by atoms with Crippen LogP contribution in [0.2, 0.25) is 0 Å². The summed E-state index contributed by atoms with van der Waals surface area (Å²) in [5, 5.41) is 4.76. The molecule has 3 rings (SSSR count). The fourth-order valence-electron chi connectivity index (χ4n) is 2.61. The smallest absolute Gasteiger partial charge is 0.181 e. The molecule has 1 heterocycles. The van der Waals surface area contributed by atoms with Crippen LogP contribution in [0.5, 0.6) is 5.75 Å².